The second-order valence-corrected chi connectivity index (χ2v) is 6.02. The van der Waals surface area contributed by atoms with E-state index in [0.717, 1.165) is 25.0 Å². The fourth-order valence-corrected chi connectivity index (χ4v) is 3.11. The fraction of sp³-hybridized carbons (Fsp3) is 0.438. The van der Waals surface area contributed by atoms with Gasteiger partial charge in [0, 0.05) is 11.5 Å². The van der Waals surface area contributed by atoms with E-state index in [1.807, 2.05) is 5.51 Å². The van der Waals surface area contributed by atoms with Gasteiger partial charge in [-0.25, -0.2) is 4.98 Å². The summed E-state index contributed by atoms with van der Waals surface area (Å²) in [6.07, 6.45) is 3.00. The molecule has 0 radical (unpaired) electrons. The first-order chi connectivity index (χ1) is 9.20. The maximum absolute atomic E-state index is 9.56. The van der Waals surface area contributed by atoms with Gasteiger partial charge in [0.1, 0.15) is 0 Å². The highest BCUT2D eigenvalue weighted by Crippen LogP contribution is 2.20. The van der Waals surface area contributed by atoms with Gasteiger partial charge in [-0.05, 0) is 50.2 Å². The molecule has 1 atom stereocenters. The first-order valence-electron chi connectivity index (χ1n) is 6.75. The first-order valence-corrected chi connectivity index (χ1v) is 7.63. The molecule has 0 spiro atoms. The molecule has 1 unspecified atom stereocenters. The summed E-state index contributed by atoms with van der Waals surface area (Å²) in [5.74, 6) is 0.336. The van der Waals surface area contributed by atoms with Gasteiger partial charge in [0.25, 0.3) is 0 Å². The minimum absolute atomic E-state index is 0.256. The van der Waals surface area contributed by atoms with Crippen molar-refractivity contribution in [2.24, 2.45) is 5.92 Å². The number of thiazole rings is 1. The van der Waals surface area contributed by atoms with Crippen LogP contribution in [0.5, 0.6) is 0 Å². The average Bonchev–Trinajstić information content (AvgIpc) is 2.82. The van der Waals surface area contributed by atoms with Gasteiger partial charge < -0.3 is 5.11 Å². The second kappa shape index (κ2) is 6.83. The van der Waals surface area contributed by atoms with Crippen LogP contribution in [0, 0.1) is 19.8 Å². The van der Waals surface area contributed by atoms with E-state index in [-0.39, 0.29) is 6.61 Å². The SMILES string of the molecule is Cc1ccccc1CC(CO)CCc1scnc1C. The quantitative estimate of drug-likeness (QED) is 0.874. The molecule has 3 heteroatoms. The molecule has 0 fully saturated rings. The van der Waals surface area contributed by atoms with Crippen molar-refractivity contribution in [1.29, 1.82) is 0 Å². The molecule has 0 bridgehead atoms. The number of aryl methyl sites for hydroxylation is 3. The zero-order valence-electron chi connectivity index (χ0n) is 11.6. The Kier molecular flexibility index (Phi) is 5.11. The molecule has 1 N–H and O–H groups in total. The highest BCUT2D eigenvalue weighted by atomic mass is 32.1. The minimum atomic E-state index is 0.256. The van der Waals surface area contributed by atoms with Gasteiger partial charge in [-0.3, -0.25) is 0 Å². The summed E-state index contributed by atoms with van der Waals surface area (Å²) < 4.78 is 0. The monoisotopic (exact) mass is 275 g/mol. The standard InChI is InChI=1S/C16H21NOS/c1-12-5-3-4-6-15(12)9-14(10-18)7-8-16-13(2)17-11-19-16/h3-6,11,14,18H,7-10H2,1-2H3. The molecule has 19 heavy (non-hydrogen) atoms. The molecule has 2 rings (SSSR count). The highest BCUT2D eigenvalue weighted by molar-refractivity contribution is 7.09. The maximum atomic E-state index is 9.56. The zero-order chi connectivity index (χ0) is 13.7. The summed E-state index contributed by atoms with van der Waals surface area (Å²) in [7, 11) is 0. The summed E-state index contributed by atoms with van der Waals surface area (Å²) in [6.45, 7) is 4.45. The molecular weight excluding hydrogens is 254 g/mol. The number of nitrogens with zero attached hydrogens (tertiary/aromatic N) is 1. The maximum Gasteiger partial charge on any atom is 0.0797 e. The van der Waals surface area contributed by atoms with E-state index in [1.165, 1.54) is 16.0 Å². The molecule has 0 aliphatic carbocycles. The lowest BCUT2D eigenvalue weighted by Gasteiger charge is -2.15. The average molecular weight is 275 g/mol. The lowest BCUT2D eigenvalue weighted by molar-refractivity contribution is 0.218. The van der Waals surface area contributed by atoms with Crippen molar-refractivity contribution in [3.8, 4) is 0 Å². The van der Waals surface area contributed by atoms with Crippen molar-refractivity contribution >= 4 is 11.3 Å². The molecule has 0 amide bonds. The second-order valence-electron chi connectivity index (χ2n) is 5.08. The molecule has 0 saturated heterocycles. The van der Waals surface area contributed by atoms with Crippen LogP contribution in [0.15, 0.2) is 29.8 Å². The molecule has 1 aromatic heterocycles. The third kappa shape index (κ3) is 3.88. The van der Waals surface area contributed by atoms with Crippen LogP contribution in [-0.4, -0.2) is 16.7 Å². The van der Waals surface area contributed by atoms with Crippen LogP contribution in [-0.2, 0) is 12.8 Å². The lowest BCUT2D eigenvalue weighted by atomic mass is 9.93. The molecule has 1 heterocycles. The third-order valence-electron chi connectivity index (χ3n) is 3.65. The molecule has 2 nitrogen and oxygen atoms in total. The van der Waals surface area contributed by atoms with Crippen LogP contribution in [0.2, 0.25) is 0 Å². The van der Waals surface area contributed by atoms with Gasteiger partial charge >= 0.3 is 0 Å². The van der Waals surface area contributed by atoms with Crippen LogP contribution in [0.4, 0.5) is 0 Å². The van der Waals surface area contributed by atoms with E-state index < -0.39 is 0 Å². The third-order valence-corrected chi connectivity index (χ3v) is 4.65. The van der Waals surface area contributed by atoms with Gasteiger partial charge in [0.15, 0.2) is 0 Å². The zero-order valence-corrected chi connectivity index (χ0v) is 12.4. The molecule has 2 aromatic rings. The number of aliphatic hydroxyl groups excluding tert-OH is 1. The number of rotatable bonds is 6. The van der Waals surface area contributed by atoms with E-state index in [2.05, 4.69) is 43.1 Å². The number of hydrogen-bond acceptors (Lipinski definition) is 3. The molecule has 0 aliphatic heterocycles. The first kappa shape index (κ1) is 14.2. The van der Waals surface area contributed by atoms with E-state index in [0.29, 0.717) is 5.92 Å². The Hall–Kier alpha value is -1.19. The molecule has 0 saturated carbocycles. The van der Waals surface area contributed by atoms with Crippen molar-refractivity contribution < 1.29 is 5.11 Å². The molecule has 1 aromatic carbocycles. The number of aliphatic hydroxyl groups is 1. The Bertz CT molecular complexity index is 521. The van der Waals surface area contributed by atoms with Gasteiger partial charge in [-0.1, -0.05) is 24.3 Å². The van der Waals surface area contributed by atoms with Crippen LogP contribution in [0.3, 0.4) is 0 Å². The summed E-state index contributed by atoms with van der Waals surface area (Å²) in [4.78, 5) is 5.62. The van der Waals surface area contributed by atoms with Crippen molar-refractivity contribution in [1.82, 2.24) is 4.98 Å². The number of aromatic nitrogens is 1. The van der Waals surface area contributed by atoms with Gasteiger partial charge in [0.05, 0.1) is 11.2 Å². The van der Waals surface area contributed by atoms with E-state index in [9.17, 15) is 5.11 Å². The topological polar surface area (TPSA) is 33.1 Å². The Labute approximate surface area is 119 Å². The highest BCUT2D eigenvalue weighted by Gasteiger charge is 2.12. The number of hydrogen-bond donors (Lipinski definition) is 1. The Morgan fingerprint density at radius 1 is 1.26 bits per heavy atom. The molecule has 0 aliphatic rings. The van der Waals surface area contributed by atoms with Crippen molar-refractivity contribution in [3.63, 3.8) is 0 Å². The molecular formula is C16H21NOS. The minimum Gasteiger partial charge on any atom is -0.396 e. The van der Waals surface area contributed by atoms with Gasteiger partial charge in [0.2, 0.25) is 0 Å². The normalized spacial score (nSPS) is 12.6. The predicted molar refractivity (Wildman–Crippen MR) is 80.6 cm³/mol. The number of benzene rings is 1. The van der Waals surface area contributed by atoms with E-state index in [1.54, 1.807) is 11.3 Å². The van der Waals surface area contributed by atoms with Crippen LogP contribution >= 0.6 is 11.3 Å². The summed E-state index contributed by atoms with van der Waals surface area (Å²) in [5, 5.41) is 9.56. The van der Waals surface area contributed by atoms with Crippen molar-refractivity contribution in [2.75, 3.05) is 6.61 Å². The smallest absolute Gasteiger partial charge is 0.0797 e. The van der Waals surface area contributed by atoms with Crippen molar-refractivity contribution in [2.45, 2.75) is 33.1 Å². The summed E-state index contributed by atoms with van der Waals surface area (Å²) >= 11 is 1.72. The largest absolute Gasteiger partial charge is 0.396 e. The predicted octanol–water partition coefficient (Wildman–Crippen LogP) is 3.54. The van der Waals surface area contributed by atoms with Gasteiger partial charge in [-0.2, -0.15) is 0 Å². The van der Waals surface area contributed by atoms with Crippen LogP contribution < -0.4 is 0 Å². The molecule has 102 valence electrons. The van der Waals surface area contributed by atoms with Crippen LogP contribution in [0.25, 0.3) is 0 Å². The van der Waals surface area contributed by atoms with Crippen LogP contribution in [0.1, 0.15) is 28.1 Å². The lowest BCUT2D eigenvalue weighted by Crippen LogP contribution is -2.11. The fourth-order valence-electron chi connectivity index (χ4n) is 2.31. The Morgan fingerprint density at radius 2 is 2.05 bits per heavy atom. The van der Waals surface area contributed by atoms with Gasteiger partial charge in [-0.15, -0.1) is 11.3 Å². The summed E-state index contributed by atoms with van der Waals surface area (Å²) in [5.41, 5.74) is 5.70. The van der Waals surface area contributed by atoms with E-state index in [4.69, 9.17) is 0 Å². The Balaban J connectivity index is 1.94. The van der Waals surface area contributed by atoms with Crippen molar-refractivity contribution in [3.05, 3.63) is 51.5 Å². The summed E-state index contributed by atoms with van der Waals surface area (Å²) in [6, 6.07) is 8.44. The Morgan fingerprint density at radius 3 is 2.68 bits per heavy atom. The van der Waals surface area contributed by atoms with E-state index >= 15 is 0 Å².